The zero-order valence-electron chi connectivity index (χ0n) is 14.9. The standard InChI is InChI=1S/C20H17N5O2/c1-13-22-23-19-12-11-17(24-25(13)19)14-7-9-15(10-8-14)21-20(26)16-5-3-4-6-18(16)27-2/h3-12H,1-2H3,(H,21,26). The van der Waals surface area contributed by atoms with Crippen molar-refractivity contribution in [2.24, 2.45) is 0 Å². The van der Waals surface area contributed by atoms with E-state index in [4.69, 9.17) is 4.74 Å². The van der Waals surface area contributed by atoms with Gasteiger partial charge in [-0.1, -0.05) is 24.3 Å². The van der Waals surface area contributed by atoms with Crippen LogP contribution in [-0.2, 0) is 0 Å². The molecule has 2 heterocycles. The third kappa shape index (κ3) is 3.22. The van der Waals surface area contributed by atoms with Gasteiger partial charge in [-0.2, -0.15) is 9.61 Å². The lowest BCUT2D eigenvalue weighted by Gasteiger charge is -2.09. The minimum absolute atomic E-state index is 0.222. The summed E-state index contributed by atoms with van der Waals surface area (Å²) in [5.74, 6) is 1.04. The first kappa shape index (κ1) is 16.7. The molecule has 0 bridgehead atoms. The van der Waals surface area contributed by atoms with Crippen LogP contribution in [0.2, 0.25) is 0 Å². The predicted molar refractivity (Wildman–Crippen MR) is 102 cm³/mol. The van der Waals surface area contributed by atoms with E-state index in [2.05, 4.69) is 20.6 Å². The summed E-state index contributed by atoms with van der Waals surface area (Å²) in [6.45, 7) is 1.85. The first-order chi connectivity index (χ1) is 13.2. The zero-order valence-corrected chi connectivity index (χ0v) is 14.9. The summed E-state index contributed by atoms with van der Waals surface area (Å²) in [4.78, 5) is 12.5. The Labute approximate surface area is 155 Å². The van der Waals surface area contributed by atoms with Crippen LogP contribution in [0.5, 0.6) is 5.75 Å². The Balaban J connectivity index is 1.56. The Bertz CT molecular complexity index is 1120. The summed E-state index contributed by atoms with van der Waals surface area (Å²) in [7, 11) is 1.54. The topological polar surface area (TPSA) is 81.4 Å². The smallest absolute Gasteiger partial charge is 0.259 e. The van der Waals surface area contributed by atoms with E-state index in [1.165, 1.54) is 0 Å². The Kier molecular flexibility index (Phi) is 4.25. The maximum Gasteiger partial charge on any atom is 0.259 e. The van der Waals surface area contributed by atoms with Crippen LogP contribution in [0.15, 0.2) is 60.7 Å². The molecule has 0 radical (unpaired) electrons. The molecule has 0 fully saturated rings. The molecule has 1 amide bonds. The minimum Gasteiger partial charge on any atom is -0.496 e. The molecule has 0 aliphatic rings. The van der Waals surface area contributed by atoms with Crippen molar-refractivity contribution < 1.29 is 9.53 Å². The summed E-state index contributed by atoms with van der Waals surface area (Å²) >= 11 is 0. The van der Waals surface area contributed by atoms with E-state index in [-0.39, 0.29) is 5.91 Å². The minimum atomic E-state index is -0.222. The number of nitrogens with one attached hydrogen (secondary N) is 1. The van der Waals surface area contributed by atoms with Crippen molar-refractivity contribution in [2.75, 3.05) is 12.4 Å². The summed E-state index contributed by atoms with van der Waals surface area (Å²) in [5.41, 5.74) is 3.61. The van der Waals surface area contributed by atoms with E-state index in [1.54, 1.807) is 29.8 Å². The molecular formula is C20H17N5O2. The number of ether oxygens (including phenoxy) is 1. The van der Waals surface area contributed by atoms with Crippen molar-refractivity contribution in [3.63, 3.8) is 0 Å². The molecule has 134 valence electrons. The third-order valence-electron chi connectivity index (χ3n) is 4.21. The number of para-hydroxylation sites is 1. The SMILES string of the molecule is COc1ccccc1C(=O)Nc1ccc(-c2ccc3nnc(C)n3n2)cc1. The van der Waals surface area contributed by atoms with Gasteiger partial charge in [-0.25, -0.2) is 0 Å². The Morgan fingerprint density at radius 1 is 1.00 bits per heavy atom. The number of aromatic nitrogens is 4. The number of benzene rings is 2. The van der Waals surface area contributed by atoms with Gasteiger partial charge in [-0.05, 0) is 43.3 Å². The van der Waals surface area contributed by atoms with Gasteiger partial charge in [0.05, 0.1) is 18.4 Å². The van der Waals surface area contributed by atoms with E-state index in [9.17, 15) is 4.79 Å². The molecule has 27 heavy (non-hydrogen) atoms. The van der Waals surface area contributed by atoms with E-state index >= 15 is 0 Å². The molecule has 0 saturated heterocycles. The fraction of sp³-hybridized carbons (Fsp3) is 0.100. The number of aryl methyl sites for hydroxylation is 1. The summed E-state index contributed by atoms with van der Waals surface area (Å²) in [6, 6.07) is 18.4. The van der Waals surface area contributed by atoms with Gasteiger partial charge in [0.25, 0.3) is 5.91 Å². The van der Waals surface area contributed by atoms with Crippen molar-refractivity contribution in [1.29, 1.82) is 0 Å². The fourth-order valence-corrected chi connectivity index (χ4v) is 2.81. The number of methoxy groups -OCH3 is 1. The van der Waals surface area contributed by atoms with Crippen molar-refractivity contribution in [2.45, 2.75) is 6.92 Å². The number of carbonyl (C=O) groups is 1. The largest absolute Gasteiger partial charge is 0.496 e. The normalized spacial score (nSPS) is 10.7. The van der Waals surface area contributed by atoms with Gasteiger partial charge in [0.15, 0.2) is 11.5 Å². The van der Waals surface area contributed by atoms with Gasteiger partial charge >= 0.3 is 0 Å². The highest BCUT2D eigenvalue weighted by Crippen LogP contribution is 2.22. The second kappa shape index (κ2) is 6.87. The second-order valence-corrected chi connectivity index (χ2v) is 5.97. The van der Waals surface area contributed by atoms with Crippen LogP contribution in [0.3, 0.4) is 0 Å². The van der Waals surface area contributed by atoms with Gasteiger partial charge in [0.2, 0.25) is 0 Å². The average molecular weight is 359 g/mol. The lowest BCUT2D eigenvalue weighted by atomic mass is 10.1. The van der Waals surface area contributed by atoms with E-state index < -0.39 is 0 Å². The fourth-order valence-electron chi connectivity index (χ4n) is 2.81. The number of hydrogen-bond donors (Lipinski definition) is 1. The molecule has 7 nitrogen and oxygen atoms in total. The number of fused-ring (bicyclic) bond motifs is 1. The number of amides is 1. The molecular weight excluding hydrogens is 342 g/mol. The van der Waals surface area contributed by atoms with Crippen LogP contribution in [-0.4, -0.2) is 32.8 Å². The molecule has 0 saturated carbocycles. The highest BCUT2D eigenvalue weighted by Gasteiger charge is 2.12. The van der Waals surface area contributed by atoms with Crippen LogP contribution < -0.4 is 10.1 Å². The number of carbonyl (C=O) groups excluding carboxylic acids is 1. The molecule has 4 aromatic rings. The lowest BCUT2D eigenvalue weighted by molar-refractivity contribution is 0.102. The van der Waals surface area contributed by atoms with Crippen LogP contribution in [0.1, 0.15) is 16.2 Å². The van der Waals surface area contributed by atoms with Gasteiger partial charge < -0.3 is 10.1 Å². The highest BCUT2D eigenvalue weighted by molar-refractivity contribution is 6.06. The highest BCUT2D eigenvalue weighted by atomic mass is 16.5. The van der Waals surface area contributed by atoms with Crippen LogP contribution in [0.4, 0.5) is 5.69 Å². The first-order valence-corrected chi connectivity index (χ1v) is 8.39. The van der Waals surface area contributed by atoms with Crippen molar-refractivity contribution in [3.05, 3.63) is 72.1 Å². The molecule has 0 unspecified atom stereocenters. The molecule has 4 rings (SSSR count). The maximum absolute atomic E-state index is 12.5. The van der Waals surface area contributed by atoms with Gasteiger partial charge in [-0.15, -0.1) is 10.2 Å². The zero-order chi connectivity index (χ0) is 18.8. The van der Waals surface area contributed by atoms with Crippen LogP contribution >= 0.6 is 0 Å². The molecule has 0 spiro atoms. The second-order valence-electron chi connectivity index (χ2n) is 5.97. The summed E-state index contributed by atoms with van der Waals surface area (Å²) < 4.78 is 6.94. The Morgan fingerprint density at radius 3 is 2.56 bits per heavy atom. The molecule has 2 aromatic heterocycles. The molecule has 0 atom stereocenters. The molecule has 2 aromatic carbocycles. The molecule has 0 aliphatic heterocycles. The maximum atomic E-state index is 12.5. The van der Waals surface area contributed by atoms with Crippen molar-refractivity contribution >= 4 is 17.2 Å². The Morgan fingerprint density at radius 2 is 1.78 bits per heavy atom. The van der Waals surface area contributed by atoms with Crippen molar-refractivity contribution in [3.8, 4) is 17.0 Å². The first-order valence-electron chi connectivity index (χ1n) is 8.39. The van der Waals surface area contributed by atoms with E-state index in [0.717, 1.165) is 17.1 Å². The number of hydrogen-bond acceptors (Lipinski definition) is 5. The Hall–Kier alpha value is -3.74. The average Bonchev–Trinajstić information content (AvgIpc) is 3.09. The number of anilines is 1. The number of rotatable bonds is 4. The van der Waals surface area contributed by atoms with Gasteiger partial charge in [0, 0.05) is 11.3 Å². The lowest BCUT2D eigenvalue weighted by Crippen LogP contribution is -2.13. The van der Waals surface area contributed by atoms with E-state index in [0.29, 0.717) is 22.6 Å². The third-order valence-corrected chi connectivity index (χ3v) is 4.21. The van der Waals surface area contributed by atoms with Crippen molar-refractivity contribution in [1.82, 2.24) is 19.8 Å². The number of nitrogens with zero attached hydrogens (tertiary/aromatic N) is 4. The molecule has 1 N–H and O–H groups in total. The molecule has 7 heteroatoms. The predicted octanol–water partition coefficient (Wildman–Crippen LogP) is 3.36. The van der Waals surface area contributed by atoms with Crippen LogP contribution in [0.25, 0.3) is 16.9 Å². The summed E-state index contributed by atoms with van der Waals surface area (Å²) in [5, 5.41) is 15.5. The monoisotopic (exact) mass is 359 g/mol. The van der Waals surface area contributed by atoms with Gasteiger partial charge in [-0.3, -0.25) is 4.79 Å². The van der Waals surface area contributed by atoms with Gasteiger partial charge in [0.1, 0.15) is 5.75 Å². The summed E-state index contributed by atoms with van der Waals surface area (Å²) in [6.07, 6.45) is 0. The molecule has 0 aliphatic carbocycles. The van der Waals surface area contributed by atoms with Crippen LogP contribution in [0, 0.1) is 6.92 Å². The quantitative estimate of drug-likeness (QED) is 0.604. The van der Waals surface area contributed by atoms with E-state index in [1.807, 2.05) is 49.4 Å².